The van der Waals surface area contributed by atoms with E-state index in [1.807, 2.05) is 47.2 Å². The van der Waals surface area contributed by atoms with Gasteiger partial charge in [0.1, 0.15) is 6.04 Å². The molecule has 0 fully saturated rings. The summed E-state index contributed by atoms with van der Waals surface area (Å²) in [4.78, 5) is 23.5. The molecule has 0 aliphatic carbocycles. The van der Waals surface area contributed by atoms with Gasteiger partial charge in [-0.15, -0.1) is 0 Å². The van der Waals surface area contributed by atoms with Gasteiger partial charge in [-0.25, -0.2) is 0 Å². The van der Waals surface area contributed by atoms with Gasteiger partial charge in [-0.05, 0) is 28.0 Å². The Labute approximate surface area is 121 Å². The maximum Gasteiger partial charge on any atom is 0.247 e. The van der Waals surface area contributed by atoms with Crippen molar-refractivity contribution in [2.45, 2.75) is 19.5 Å². The minimum atomic E-state index is -0.637. The third kappa shape index (κ3) is 3.93. The standard InChI is InChI=1S/C15H16N2O2S/c1-11(18)17-14(13-7-8-20-10-13)15(19)16-9-12-5-3-2-4-6-12/h2-8,10,14H,9H2,1H3,(H,16,19)(H,17,18). The minimum absolute atomic E-state index is 0.206. The van der Waals surface area contributed by atoms with Gasteiger partial charge in [0, 0.05) is 13.5 Å². The molecule has 1 unspecified atom stereocenters. The Morgan fingerprint density at radius 1 is 1.20 bits per heavy atom. The highest BCUT2D eigenvalue weighted by molar-refractivity contribution is 7.08. The van der Waals surface area contributed by atoms with Crippen molar-refractivity contribution >= 4 is 23.2 Å². The molecule has 1 aromatic heterocycles. The van der Waals surface area contributed by atoms with Crippen molar-refractivity contribution in [2.24, 2.45) is 0 Å². The predicted molar refractivity (Wildman–Crippen MR) is 79.2 cm³/mol. The molecule has 1 heterocycles. The molecule has 4 nitrogen and oxygen atoms in total. The SMILES string of the molecule is CC(=O)NC(C(=O)NCc1ccccc1)c1ccsc1. The number of hydrogen-bond acceptors (Lipinski definition) is 3. The van der Waals surface area contributed by atoms with Crippen molar-refractivity contribution in [2.75, 3.05) is 0 Å². The van der Waals surface area contributed by atoms with E-state index in [0.29, 0.717) is 6.54 Å². The number of nitrogens with one attached hydrogen (secondary N) is 2. The van der Waals surface area contributed by atoms with Crippen molar-refractivity contribution < 1.29 is 9.59 Å². The zero-order valence-electron chi connectivity index (χ0n) is 11.1. The number of thiophene rings is 1. The Hall–Kier alpha value is -2.14. The second-order valence-electron chi connectivity index (χ2n) is 4.39. The van der Waals surface area contributed by atoms with Gasteiger partial charge in [0.15, 0.2) is 0 Å². The molecule has 0 saturated heterocycles. The van der Waals surface area contributed by atoms with Crippen LogP contribution in [0.2, 0.25) is 0 Å². The number of hydrogen-bond donors (Lipinski definition) is 2. The maximum atomic E-state index is 12.2. The van der Waals surface area contributed by atoms with E-state index >= 15 is 0 Å². The van der Waals surface area contributed by atoms with Gasteiger partial charge in [-0.3, -0.25) is 9.59 Å². The molecule has 0 spiro atoms. The van der Waals surface area contributed by atoms with Crippen LogP contribution in [0.15, 0.2) is 47.2 Å². The smallest absolute Gasteiger partial charge is 0.247 e. The van der Waals surface area contributed by atoms with Gasteiger partial charge in [-0.1, -0.05) is 30.3 Å². The summed E-state index contributed by atoms with van der Waals surface area (Å²) in [6.45, 7) is 1.85. The van der Waals surface area contributed by atoms with Crippen LogP contribution in [0.5, 0.6) is 0 Å². The molecule has 5 heteroatoms. The van der Waals surface area contributed by atoms with E-state index in [-0.39, 0.29) is 11.8 Å². The Bertz CT molecular complexity index is 567. The summed E-state index contributed by atoms with van der Waals surface area (Å²) in [6, 6.07) is 10.9. The van der Waals surface area contributed by atoms with Crippen LogP contribution in [0.3, 0.4) is 0 Å². The second-order valence-corrected chi connectivity index (χ2v) is 5.17. The van der Waals surface area contributed by atoms with Crippen LogP contribution in [0.25, 0.3) is 0 Å². The molecule has 0 aliphatic heterocycles. The molecule has 2 amide bonds. The first-order valence-electron chi connectivity index (χ1n) is 6.27. The first-order chi connectivity index (χ1) is 9.66. The minimum Gasteiger partial charge on any atom is -0.350 e. The highest BCUT2D eigenvalue weighted by atomic mass is 32.1. The van der Waals surface area contributed by atoms with Gasteiger partial charge in [0.25, 0.3) is 0 Å². The molecular weight excluding hydrogens is 272 g/mol. The van der Waals surface area contributed by atoms with Gasteiger partial charge in [0.2, 0.25) is 11.8 Å². The molecule has 0 aliphatic rings. The number of benzene rings is 1. The predicted octanol–water partition coefficient (Wildman–Crippen LogP) is 2.24. The van der Waals surface area contributed by atoms with E-state index in [4.69, 9.17) is 0 Å². The van der Waals surface area contributed by atoms with Gasteiger partial charge < -0.3 is 10.6 Å². The van der Waals surface area contributed by atoms with Crippen LogP contribution in [-0.2, 0) is 16.1 Å². The van der Waals surface area contributed by atoms with Crippen molar-refractivity contribution in [3.8, 4) is 0 Å². The van der Waals surface area contributed by atoms with Gasteiger partial charge in [-0.2, -0.15) is 11.3 Å². The van der Waals surface area contributed by atoms with Gasteiger partial charge in [0.05, 0.1) is 0 Å². The molecule has 2 aromatic rings. The second kappa shape index (κ2) is 6.86. The van der Waals surface area contributed by atoms with Crippen LogP contribution in [0, 0.1) is 0 Å². The first-order valence-corrected chi connectivity index (χ1v) is 7.22. The Morgan fingerprint density at radius 2 is 1.95 bits per heavy atom. The van der Waals surface area contributed by atoms with Crippen LogP contribution in [0.4, 0.5) is 0 Å². The van der Waals surface area contributed by atoms with E-state index in [1.54, 1.807) is 0 Å². The highest BCUT2D eigenvalue weighted by Crippen LogP contribution is 2.16. The lowest BCUT2D eigenvalue weighted by Gasteiger charge is -2.16. The Balaban J connectivity index is 2.02. The lowest BCUT2D eigenvalue weighted by molar-refractivity contribution is -0.128. The maximum absolute atomic E-state index is 12.2. The topological polar surface area (TPSA) is 58.2 Å². The number of rotatable bonds is 5. The summed E-state index contributed by atoms with van der Waals surface area (Å²) in [6.07, 6.45) is 0. The average Bonchev–Trinajstić information content (AvgIpc) is 2.97. The van der Waals surface area contributed by atoms with Crippen molar-refractivity contribution in [1.29, 1.82) is 0 Å². The quantitative estimate of drug-likeness (QED) is 0.886. The van der Waals surface area contributed by atoms with Gasteiger partial charge >= 0.3 is 0 Å². The Morgan fingerprint density at radius 3 is 2.55 bits per heavy atom. The van der Waals surface area contributed by atoms with E-state index < -0.39 is 6.04 Å². The van der Waals surface area contributed by atoms with E-state index in [2.05, 4.69) is 10.6 Å². The van der Waals surface area contributed by atoms with Crippen molar-refractivity contribution in [3.63, 3.8) is 0 Å². The third-order valence-electron chi connectivity index (χ3n) is 2.80. The third-order valence-corrected chi connectivity index (χ3v) is 3.50. The molecule has 0 saturated carbocycles. The fourth-order valence-electron chi connectivity index (χ4n) is 1.83. The molecule has 1 atom stereocenters. The monoisotopic (exact) mass is 288 g/mol. The largest absolute Gasteiger partial charge is 0.350 e. The molecule has 0 radical (unpaired) electrons. The molecule has 2 N–H and O–H groups in total. The molecule has 1 aromatic carbocycles. The first kappa shape index (κ1) is 14.3. The molecule has 104 valence electrons. The summed E-state index contributed by atoms with van der Waals surface area (Å²) in [7, 11) is 0. The van der Waals surface area contributed by atoms with Crippen LogP contribution in [0.1, 0.15) is 24.1 Å². The van der Waals surface area contributed by atoms with Crippen molar-refractivity contribution in [1.82, 2.24) is 10.6 Å². The van der Waals surface area contributed by atoms with Crippen LogP contribution < -0.4 is 10.6 Å². The number of carbonyl (C=O) groups excluding carboxylic acids is 2. The molecule has 2 rings (SSSR count). The lowest BCUT2D eigenvalue weighted by atomic mass is 10.1. The summed E-state index contributed by atoms with van der Waals surface area (Å²) >= 11 is 1.50. The zero-order valence-corrected chi connectivity index (χ0v) is 11.9. The lowest BCUT2D eigenvalue weighted by Crippen LogP contribution is -2.39. The van der Waals surface area contributed by atoms with Crippen molar-refractivity contribution in [3.05, 3.63) is 58.3 Å². The number of amides is 2. The highest BCUT2D eigenvalue weighted by Gasteiger charge is 2.21. The summed E-state index contributed by atoms with van der Waals surface area (Å²) in [5.41, 5.74) is 1.82. The normalized spacial score (nSPS) is 11.7. The van der Waals surface area contributed by atoms with E-state index in [1.165, 1.54) is 18.3 Å². The average molecular weight is 288 g/mol. The summed E-state index contributed by atoms with van der Waals surface area (Å²) < 4.78 is 0. The molecule has 20 heavy (non-hydrogen) atoms. The summed E-state index contributed by atoms with van der Waals surface area (Å²) in [5.74, 6) is -0.432. The molecular formula is C15H16N2O2S. The zero-order chi connectivity index (χ0) is 14.4. The van der Waals surface area contributed by atoms with E-state index in [9.17, 15) is 9.59 Å². The Kier molecular flexibility index (Phi) is 4.90. The van der Waals surface area contributed by atoms with E-state index in [0.717, 1.165) is 11.1 Å². The summed E-state index contributed by atoms with van der Waals surface area (Å²) in [5, 5.41) is 9.27. The fourth-order valence-corrected chi connectivity index (χ4v) is 2.52. The molecule has 0 bridgehead atoms. The van der Waals surface area contributed by atoms with Crippen LogP contribution >= 0.6 is 11.3 Å². The fraction of sp³-hybridized carbons (Fsp3) is 0.200. The number of carbonyl (C=O) groups is 2. The van der Waals surface area contributed by atoms with Crippen LogP contribution in [-0.4, -0.2) is 11.8 Å².